The molecule has 1 aliphatic heterocycles. The number of nitrogens with zero attached hydrogens (tertiary/aromatic N) is 1. The standard InChI is InChI=1S/C15H13Cl2NO2S/c1-10-8-15(13(17)9-12(10)16)21(19,20)18-7-6-11-4-2-3-5-14(11)18/h2-5,8-9H,6-7H2,1H3. The van der Waals surface area contributed by atoms with Crippen LogP contribution in [0.4, 0.5) is 5.69 Å². The summed E-state index contributed by atoms with van der Waals surface area (Å²) in [6.45, 7) is 2.19. The molecule has 0 saturated carbocycles. The van der Waals surface area contributed by atoms with Crippen LogP contribution < -0.4 is 4.31 Å². The third-order valence-electron chi connectivity index (χ3n) is 3.63. The van der Waals surface area contributed by atoms with Crippen LogP contribution in [0.3, 0.4) is 0 Å². The lowest BCUT2D eigenvalue weighted by atomic mass is 10.2. The van der Waals surface area contributed by atoms with Gasteiger partial charge in [0.05, 0.1) is 10.7 Å². The molecule has 0 spiro atoms. The molecule has 0 atom stereocenters. The van der Waals surface area contributed by atoms with E-state index in [1.807, 2.05) is 24.3 Å². The van der Waals surface area contributed by atoms with Crippen LogP contribution in [0.1, 0.15) is 11.1 Å². The average molecular weight is 342 g/mol. The molecular weight excluding hydrogens is 329 g/mol. The molecule has 0 amide bonds. The Morgan fingerprint density at radius 3 is 2.57 bits per heavy atom. The number of sulfonamides is 1. The van der Waals surface area contributed by atoms with Crippen LogP contribution in [0.15, 0.2) is 41.3 Å². The van der Waals surface area contributed by atoms with Gasteiger partial charge >= 0.3 is 0 Å². The number of anilines is 1. The van der Waals surface area contributed by atoms with E-state index in [0.717, 1.165) is 11.3 Å². The minimum Gasteiger partial charge on any atom is -0.266 e. The topological polar surface area (TPSA) is 37.4 Å². The van der Waals surface area contributed by atoms with E-state index in [-0.39, 0.29) is 9.92 Å². The normalized spacial score (nSPS) is 14.3. The number of fused-ring (bicyclic) bond motifs is 1. The summed E-state index contributed by atoms with van der Waals surface area (Å²) in [5, 5.41) is 0.607. The van der Waals surface area contributed by atoms with Gasteiger partial charge in [-0.2, -0.15) is 0 Å². The zero-order chi connectivity index (χ0) is 15.2. The second-order valence-electron chi connectivity index (χ2n) is 4.99. The van der Waals surface area contributed by atoms with Crippen molar-refractivity contribution in [3.8, 4) is 0 Å². The van der Waals surface area contributed by atoms with Gasteiger partial charge in [0.1, 0.15) is 4.90 Å². The van der Waals surface area contributed by atoms with E-state index in [0.29, 0.717) is 23.6 Å². The summed E-state index contributed by atoms with van der Waals surface area (Å²) in [7, 11) is -3.68. The highest BCUT2D eigenvalue weighted by Crippen LogP contribution is 2.36. The fraction of sp³-hybridized carbons (Fsp3) is 0.200. The zero-order valence-electron chi connectivity index (χ0n) is 11.3. The predicted molar refractivity (Wildman–Crippen MR) is 85.9 cm³/mol. The lowest BCUT2D eigenvalue weighted by Crippen LogP contribution is -2.29. The number of hydrogen-bond donors (Lipinski definition) is 0. The molecule has 0 N–H and O–H groups in total. The average Bonchev–Trinajstić information content (AvgIpc) is 2.87. The number of rotatable bonds is 2. The van der Waals surface area contributed by atoms with Crippen molar-refractivity contribution in [2.75, 3.05) is 10.8 Å². The minimum absolute atomic E-state index is 0.0998. The highest BCUT2D eigenvalue weighted by molar-refractivity contribution is 7.93. The third-order valence-corrected chi connectivity index (χ3v) is 6.31. The number of aryl methyl sites for hydroxylation is 1. The Kier molecular flexibility index (Phi) is 3.64. The molecule has 2 aromatic carbocycles. The third kappa shape index (κ3) is 2.41. The van der Waals surface area contributed by atoms with Crippen molar-refractivity contribution < 1.29 is 8.42 Å². The molecule has 6 heteroatoms. The van der Waals surface area contributed by atoms with E-state index in [9.17, 15) is 8.42 Å². The van der Waals surface area contributed by atoms with Crippen molar-refractivity contribution in [1.29, 1.82) is 0 Å². The molecule has 0 bridgehead atoms. The van der Waals surface area contributed by atoms with Crippen molar-refractivity contribution in [3.63, 3.8) is 0 Å². The highest BCUT2D eigenvalue weighted by atomic mass is 35.5. The molecule has 0 radical (unpaired) electrons. The van der Waals surface area contributed by atoms with E-state index < -0.39 is 10.0 Å². The second-order valence-corrected chi connectivity index (χ2v) is 7.63. The van der Waals surface area contributed by atoms with Gasteiger partial charge in [-0.3, -0.25) is 4.31 Å². The number of para-hydroxylation sites is 1. The van der Waals surface area contributed by atoms with Gasteiger partial charge in [-0.05, 0) is 42.7 Å². The fourth-order valence-corrected chi connectivity index (χ4v) is 4.82. The number of benzene rings is 2. The molecule has 1 heterocycles. The summed E-state index contributed by atoms with van der Waals surface area (Å²) in [5.74, 6) is 0. The molecule has 3 nitrogen and oxygen atoms in total. The van der Waals surface area contributed by atoms with Gasteiger partial charge in [-0.15, -0.1) is 0 Å². The molecule has 0 fully saturated rings. The molecule has 3 rings (SSSR count). The van der Waals surface area contributed by atoms with Crippen LogP contribution in [0, 0.1) is 6.92 Å². The van der Waals surface area contributed by atoms with Crippen molar-refractivity contribution in [3.05, 3.63) is 57.6 Å². The Morgan fingerprint density at radius 2 is 1.81 bits per heavy atom. The summed E-state index contributed by atoms with van der Waals surface area (Å²) >= 11 is 12.1. The lowest BCUT2D eigenvalue weighted by Gasteiger charge is -2.20. The van der Waals surface area contributed by atoms with E-state index in [2.05, 4.69) is 0 Å². The van der Waals surface area contributed by atoms with Gasteiger partial charge in [0.25, 0.3) is 10.0 Å². The largest absolute Gasteiger partial charge is 0.266 e. The van der Waals surface area contributed by atoms with Gasteiger partial charge in [0.15, 0.2) is 0 Å². The van der Waals surface area contributed by atoms with E-state index >= 15 is 0 Å². The van der Waals surface area contributed by atoms with Gasteiger partial charge < -0.3 is 0 Å². The first-order valence-electron chi connectivity index (χ1n) is 6.47. The SMILES string of the molecule is Cc1cc(S(=O)(=O)N2CCc3ccccc32)c(Cl)cc1Cl. The molecule has 2 aromatic rings. The van der Waals surface area contributed by atoms with E-state index in [1.165, 1.54) is 16.4 Å². The summed E-state index contributed by atoms with van der Waals surface area (Å²) in [4.78, 5) is 0.0998. The highest BCUT2D eigenvalue weighted by Gasteiger charge is 2.32. The number of halogens is 2. The fourth-order valence-electron chi connectivity index (χ4n) is 2.50. The van der Waals surface area contributed by atoms with Crippen LogP contribution in [0.2, 0.25) is 10.0 Å². The first kappa shape index (κ1) is 14.7. The first-order valence-corrected chi connectivity index (χ1v) is 8.67. The van der Waals surface area contributed by atoms with Crippen molar-refractivity contribution in [2.45, 2.75) is 18.2 Å². The Hall–Kier alpha value is -1.23. The zero-order valence-corrected chi connectivity index (χ0v) is 13.6. The molecule has 0 aliphatic carbocycles. The van der Waals surface area contributed by atoms with Gasteiger partial charge in [0, 0.05) is 11.6 Å². The maximum atomic E-state index is 12.9. The Bertz CT molecular complexity index is 818. The molecule has 1 aliphatic rings. The maximum absolute atomic E-state index is 12.9. The van der Waals surface area contributed by atoms with Crippen molar-refractivity contribution in [1.82, 2.24) is 0 Å². The molecule has 21 heavy (non-hydrogen) atoms. The van der Waals surface area contributed by atoms with Crippen LogP contribution in [-0.2, 0) is 16.4 Å². The van der Waals surface area contributed by atoms with E-state index in [4.69, 9.17) is 23.2 Å². The summed E-state index contributed by atoms with van der Waals surface area (Å²) in [6, 6.07) is 10.5. The van der Waals surface area contributed by atoms with E-state index in [1.54, 1.807) is 6.92 Å². The van der Waals surface area contributed by atoms with Gasteiger partial charge in [0.2, 0.25) is 0 Å². The second kappa shape index (κ2) is 5.20. The summed E-state index contributed by atoms with van der Waals surface area (Å²) in [5.41, 5.74) is 2.44. The molecular formula is C15H13Cl2NO2S. The summed E-state index contributed by atoms with van der Waals surface area (Å²) in [6.07, 6.45) is 0.708. The maximum Gasteiger partial charge on any atom is 0.265 e. The van der Waals surface area contributed by atoms with Crippen LogP contribution >= 0.6 is 23.2 Å². The summed E-state index contributed by atoms with van der Waals surface area (Å²) < 4.78 is 27.2. The lowest BCUT2D eigenvalue weighted by molar-refractivity contribution is 0.592. The molecule has 0 unspecified atom stereocenters. The Balaban J connectivity index is 2.13. The Labute approximate surface area is 134 Å². The van der Waals surface area contributed by atoms with Crippen LogP contribution in [0.25, 0.3) is 0 Å². The molecule has 0 aromatic heterocycles. The smallest absolute Gasteiger partial charge is 0.265 e. The van der Waals surface area contributed by atoms with Crippen LogP contribution in [0.5, 0.6) is 0 Å². The Morgan fingerprint density at radius 1 is 1.10 bits per heavy atom. The van der Waals surface area contributed by atoms with Crippen molar-refractivity contribution in [2.24, 2.45) is 0 Å². The van der Waals surface area contributed by atoms with Gasteiger partial charge in [-0.25, -0.2) is 8.42 Å². The minimum atomic E-state index is -3.68. The quantitative estimate of drug-likeness (QED) is 0.826. The molecule has 0 saturated heterocycles. The number of hydrogen-bond acceptors (Lipinski definition) is 2. The monoisotopic (exact) mass is 341 g/mol. The van der Waals surface area contributed by atoms with Gasteiger partial charge in [-0.1, -0.05) is 41.4 Å². The first-order chi connectivity index (χ1) is 9.91. The van der Waals surface area contributed by atoms with Crippen molar-refractivity contribution >= 4 is 38.9 Å². The predicted octanol–water partition coefficient (Wildman–Crippen LogP) is 4.05. The van der Waals surface area contributed by atoms with Crippen LogP contribution in [-0.4, -0.2) is 15.0 Å². The molecule has 110 valence electrons.